The molecule has 0 aromatic heterocycles. The van der Waals surface area contributed by atoms with Gasteiger partial charge < -0.3 is 0 Å². The quantitative estimate of drug-likeness (QED) is 0.586. The van der Waals surface area contributed by atoms with Crippen LogP contribution in [-0.2, 0) is 4.79 Å². The van der Waals surface area contributed by atoms with E-state index in [1.54, 1.807) is 6.92 Å². The molecule has 0 aliphatic carbocycles. The van der Waals surface area contributed by atoms with Gasteiger partial charge >= 0.3 is 0 Å². The molecule has 0 heterocycles. The van der Waals surface area contributed by atoms with Crippen molar-refractivity contribution in [1.82, 2.24) is 0 Å². The molecule has 0 N–H and O–H groups in total. The molecule has 0 aliphatic rings. The fourth-order valence-corrected chi connectivity index (χ4v) is 1.30. The van der Waals surface area contributed by atoms with E-state index in [-0.39, 0.29) is 11.2 Å². The Morgan fingerprint density at radius 3 is 2.25 bits per heavy atom. The number of carbonyl (C=O) groups excluding carboxylic acids is 1. The van der Waals surface area contributed by atoms with Crippen molar-refractivity contribution in [1.29, 1.82) is 0 Å². The Morgan fingerprint density at radius 2 is 2.00 bits per heavy atom. The average Bonchev–Trinajstić information content (AvgIpc) is 1.85. The smallest absolute Gasteiger partial charge is 0.139 e. The summed E-state index contributed by atoms with van der Waals surface area (Å²) in [6, 6.07) is 0. The van der Waals surface area contributed by atoms with Gasteiger partial charge in [-0.15, -0.1) is 6.58 Å². The van der Waals surface area contributed by atoms with Gasteiger partial charge in [0.1, 0.15) is 5.78 Å². The van der Waals surface area contributed by atoms with E-state index in [9.17, 15) is 4.79 Å². The molecular weight excluding hydrogens is 148 g/mol. The summed E-state index contributed by atoms with van der Waals surface area (Å²) in [6.07, 6.45) is 4.61. The number of rotatable bonds is 4. The molecule has 1 nitrogen and oxygen atoms in total. The predicted molar refractivity (Wildman–Crippen MR) is 53.0 cm³/mol. The molecule has 1 unspecified atom stereocenters. The third-order valence-electron chi connectivity index (χ3n) is 2.01. The van der Waals surface area contributed by atoms with E-state index in [1.165, 1.54) is 0 Å². The van der Waals surface area contributed by atoms with Crippen LogP contribution in [0, 0.1) is 5.41 Å². The summed E-state index contributed by atoms with van der Waals surface area (Å²) in [4.78, 5) is 11.3. The molecule has 0 fully saturated rings. The molecule has 0 aromatic carbocycles. The topological polar surface area (TPSA) is 17.1 Å². The molecule has 0 saturated heterocycles. The fraction of sp³-hybridized carbons (Fsp3) is 0.545. The van der Waals surface area contributed by atoms with Crippen molar-refractivity contribution < 1.29 is 4.79 Å². The van der Waals surface area contributed by atoms with E-state index in [2.05, 4.69) is 6.58 Å². The van der Waals surface area contributed by atoms with Gasteiger partial charge in [0.05, 0.1) is 0 Å². The number of carbonyl (C=O) groups is 1. The molecule has 0 rings (SSSR count). The summed E-state index contributed by atoms with van der Waals surface area (Å²) < 4.78 is 0. The number of allylic oxidation sites excluding steroid dienone is 3. The largest absolute Gasteiger partial charge is 0.299 e. The lowest BCUT2D eigenvalue weighted by molar-refractivity contribution is -0.123. The highest BCUT2D eigenvalue weighted by molar-refractivity contribution is 5.84. The van der Waals surface area contributed by atoms with Crippen LogP contribution < -0.4 is 0 Å². The van der Waals surface area contributed by atoms with Gasteiger partial charge in [0, 0.05) is 5.41 Å². The van der Waals surface area contributed by atoms with Gasteiger partial charge in [-0.1, -0.05) is 17.7 Å². The van der Waals surface area contributed by atoms with Gasteiger partial charge in [0.2, 0.25) is 0 Å². The van der Waals surface area contributed by atoms with Crippen LogP contribution in [0.5, 0.6) is 0 Å². The molecule has 0 spiro atoms. The first-order valence-corrected chi connectivity index (χ1v) is 4.21. The minimum Gasteiger partial charge on any atom is -0.299 e. The molecule has 0 radical (unpaired) electrons. The maximum absolute atomic E-state index is 11.3. The van der Waals surface area contributed by atoms with Crippen molar-refractivity contribution >= 4 is 5.78 Å². The molecule has 0 aromatic rings. The Kier molecular flexibility index (Phi) is 3.94. The normalized spacial score (nSPS) is 16.0. The Morgan fingerprint density at radius 1 is 1.50 bits per heavy atom. The number of hydrogen-bond acceptors (Lipinski definition) is 1. The third kappa shape index (κ3) is 3.04. The van der Waals surface area contributed by atoms with Gasteiger partial charge in [-0.25, -0.2) is 0 Å². The summed E-state index contributed by atoms with van der Waals surface area (Å²) >= 11 is 0. The second kappa shape index (κ2) is 4.24. The van der Waals surface area contributed by atoms with Crippen LogP contribution in [0.2, 0.25) is 0 Å². The summed E-state index contributed by atoms with van der Waals surface area (Å²) in [5, 5.41) is 0. The Bertz CT molecular complexity index is 213. The lowest BCUT2D eigenvalue weighted by Crippen LogP contribution is -2.22. The van der Waals surface area contributed by atoms with Crippen molar-refractivity contribution in [3.8, 4) is 0 Å². The maximum atomic E-state index is 11.3. The van der Waals surface area contributed by atoms with Gasteiger partial charge in [-0.3, -0.25) is 4.79 Å². The van der Waals surface area contributed by atoms with Crippen LogP contribution in [0.4, 0.5) is 0 Å². The van der Waals surface area contributed by atoms with Crippen LogP contribution in [0.3, 0.4) is 0 Å². The van der Waals surface area contributed by atoms with E-state index < -0.39 is 0 Å². The average molecular weight is 166 g/mol. The first-order chi connectivity index (χ1) is 5.42. The maximum Gasteiger partial charge on any atom is 0.139 e. The SMILES string of the molecule is C=C(C)CC(C)(C=CC)C(C)=O. The van der Waals surface area contributed by atoms with E-state index in [1.807, 2.05) is 32.9 Å². The second-order valence-corrected chi connectivity index (χ2v) is 3.61. The van der Waals surface area contributed by atoms with Crippen LogP contribution in [0.15, 0.2) is 24.3 Å². The van der Waals surface area contributed by atoms with Crippen molar-refractivity contribution in [3.05, 3.63) is 24.3 Å². The monoisotopic (exact) mass is 166 g/mol. The van der Waals surface area contributed by atoms with E-state index in [0.29, 0.717) is 0 Å². The lowest BCUT2D eigenvalue weighted by Gasteiger charge is -2.22. The van der Waals surface area contributed by atoms with Crippen molar-refractivity contribution in [2.24, 2.45) is 5.41 Å². The van der Waals surface area contributed by atoms with E-state index in [0.717, 1.165) is 12.0 Å². The highest BCUT2D eigenvalue weighted by Gasteiger charge is 2.25. The zero-order valence-electron chi connectivity index (χ0n) is 8.48. The first kappa shape index (κ1) is 11.2. The highest BCUT2D eigenvalue weighted by atomic mass is 16.1. The van der Waals surface area contributed by atoms with Gasteiger partial charge in [-0.2, -0.15) is 0 Å². The molecule has 1 atom stereocenters. The van der Waals surface area contributed by atoms with E-state index in [4.69, 9.17) is 0 Å². The fourth-order valence-electron chi connectivity index (χ4n) is 1.30. The number of hydrogen-bond donors (Lipinski definition) is 0. The number of Topliss-reactive ketones (excluding diaryl/α,β-unsaturated/α-hetero) is 1. The van der Waals surface area contributed by atoms with Gasteiger partial charge in [-0.05, 0) is 34.1 Å². The summed E-state index contributed by atoms with van der Waals surface area (Å²) in [5.74, 6) is 0.198. The first-order valence-electron chi connectivity index (χ1n) is 4.21. The Balaban J connectivity index is 4.62. The summed E-state index contributed by atoms with van der Waals surface area (Å²) in [7, 11) is 0. The molecule has 68 valence electrons. The van der Waals surface area contributed by atoms with Crippen LogP contribution in [0.25, 0.3) is 0 Å². The van der Waals surface area contributed by atoms with Crippen LogP contribution >= 0.6 is 0 Å². The molecule has 0 bridgehead atoms. The summed E-state index contributed by atoms with van der Waals surface area (Å²) in [5.41, 5.74) is 0.700. The minimum absolute atomic E-state index is 0.198. The zero-order chi connectivity index (χ0) is 9.78. The standard InChI is InChI=1S/C11H18O/c1-6-7-11(5,10(4)12)8-9(2)3/h6-7H,2,8H2,1,3-5H3. The van der Waals surface area contributed by atoms with Crippen molar-refractivity contribution in [2.75, 3.05) is 0 Å². The number of ketones is 1. The summed E-state index contributed by atoms with van der Waals surface area (Å²) in [6.45, 7) is 11.3. The Hall–Kier alpha value is -0.850. The molecule has 0 aliphatic heterocycles. The molecule has 1 heteroatoms. The van der Waals surface area contributed by atoms with Crippen LogP contribution in [0.1, 0.15) is 34.1 Å². The molecular formula is C11H18O. The second-order valence-electron chi connectivity index (χ2n) is 3.61. The minimum atomic E-state index is -0.347. The molecule has 0 saturated carbocycles. The molecule has 12 heavy (non-hydrogen) atoms. The third-order valence-corrected chi connectivity index (χ3v) is 2.01. The lowest BCUT2D eigenvalue weighted by atomic mass is 9.80. The highest BCUT2D eigenvalue weighted by Crippen LogP contribution is 2.27. The van der Waals surface area contributed by atoms with Crippen molar-refractivity contribution in [3.63, 3.8) is 0 Å². The zero-order valence-corrected chi connectivity index (χ0v) is 8.48. The van der Waals surface area contributed by atoms with Crippen LogP contribution in [-0.4, -0.2) is 5.78 Å². The van der Waals surface area contributed by atoms with Gasteiger partial charge in [0.15, 0.2) is 0 Å². The predicted octanol–water partition coefficient (Wildman–Crippen LogP) is 3.12. The van der Waals surface area contributed by atoms with E-state index >= 15 is 0 Å². The molecule has 0 amide bonds. The Labute approximate surface area is 75.2 Å². The van der Waals surface area contributed by atoms with Crippen molar-refractivity contribution in [2.45, 2.75) is 34.1 Å². The van der Waals surface area contributed by atoms with Gasteiger partial charge in [0.25, 0.3) is 0 Å².